The lowest BCUT2D eigenvalue weighted by atomic mass is 9.88. The van der Waals surface area contributed by atoms with Crippen LogP contribution in [0.4, 0.5) is 0 Å². The van der Waals surface area contributed by atoms with Crippen LogP contribution in [0.1, 0.15) is 40.0 Å². The summed E-state index contributed by atoms with van der Waals surface area (Å²) in [5.41, 5.74) is -0.348. The van der Waals surface area contributed by atoms with Crippen LogP contribution in [0.5, 0.6) is 0 Å². The van der Waals surface area contributed by atoms with Gasteiger partial charge in [-0.1, -0.05) is 19.8 Å². The number of hydrogen-bond donors (Lipinski definition) is 0. The Bertz CT molecular complexity index is 132. The molecular formula is C8H15BrO2. The fourth-order valence-corrected chi connectivity index (χ4v) is 1.26. The zero-order valence-electron chi connectivity index (χ0n) is 7.32. The van der Waals surface area contributed by atoms with Gasteiger partial charge in [0.2, 0.25) is 0 Å². The normalized spacial score (nSPS) is 11.3. The molecule has 0 aliphatic carbocycles. The van der Waals surface area contributed by atoms with Crippen LogP contribution in [0.3, 0.4) is 0 Å². The third-order valence-corrected chi connectivity index (χ3v) is 2.07. The van der Waals surface area contributed by atoms with Gasteiger partial charge in [0.1, 0.15) is 0 Å². The van der Waals surface area contributed by atoms with Crippen molar-refractivity contribution < 1.29 is 8.62 Å². The third kappa shape index (κ3) is 3.75. The molecule has 2 nitrogen and oxygen atoms in total. The van der Waals surface area contributed by atoms with E-state index in [0.717, 1.165) is 19.3 Å². The molecule has 0 aromatic rings. The maximum Gasteiger partial charge on any atom is 0.322 e. The summed E-state index contributed by atoms with van der Waals surface area (Å²) in [7, 11) is 0. The van der Waals surface area contributed by atoms with E-state index in [1.165, 1.54) is 0 Å². The molecule has 0 aromatic heterocycles. The molecule has 0 saturated carbocycles. The molecule has 0 aliphatic heterocycles. The largest absolute Gasteiger partial charge is 0.383 e. The van der Waals surface area contributed by atoms with Crippen molar-refractivity contribution in [2.24, 2.45) is 5.41 Å². The summed E-state index contributed by atoms with van der Waals surface area (Å²) < 4.78 is 4.49. The molecule has 3 heteroatoms. The highest BCUT2D eigenvalue weighted by Crippen LogP contribution is 2.25. The average Bonchev–Trinajstić information content (AvgIpc) is 1.99. The number of hydrogen-bond acceptors (Lipinski definition) is 2. The van der Waals surface area contributed by atoms with E-state index in [4.69, 9.17) is 0 Å². The summed E-state index contributed by atoms with van der Waals surface area (Å²) in [5, 5.41) is 0. The van der Waals surface area contributed by atoms with Crippen molar-refractivity contribution in [2.45, 2.75) is 40.0 Å². The average molecular weight is 223 g/mol. The smallest absolute Gasteiger partial charge is 0.322 e. The molecular weight excluding hydrogens is 208 g/mol. The second-order valence-electron chi connectivity index (χ2n) is 3.35. The highest BCUT2D eigenvalue weighted by atomic mass is 79.9. The molecule has 0 aromatic carbocycles. The quantitative estimate of drug-likeness (QED) is 0.732. The Morgan fingerprint density at radius 2 is 2.09 bits per heavy atom. The van der Waals surface area contributed by atoms with Crippen molar-refractivity contribution in [3.8, 4) is 0 Å². The predicted molar refractivity (Wildman–Crippen MR) is 48.3 cm³/mol. The van der Waals surface area contributed by atoms with Gasteiger partial charge in [-0.3, -0.25) is 4.79 Å². The van der Waals surface area contributed by atoms with Crippen LogP contribution in [-0.2, 0) is 8.62 Å². The Hall–Kier alpha value is -0.0500. The molecule has 66 valence electrons. The third-order valence-electron chi connectivity index (χ3n) is 1.78. The molecule has 0 N–H and O–H groups in total. The Morgan fingerprint density at radius 3 is 2.45 bits per heavy atom. The Labute approximate surface area is 76.8 Å². The van der Waals surface area contributed by atoms with E-state index >= 15 is 0 Å². The molecule has 11 heavy (non-hydrogen) atoms. The molecule has 0 heterocycles. The van der Waals surface area contributed by atoms with Gasteiger partial charge in [0.15, 0.2) is 16.3 Å². The van der Waals surface area contributed by atoms with E-state index in [1.54, 1.807) is 0 Å². The second-order valence-corrected chi connectivity index (χ2v) is 3.68. The lowest BCUT2D eigenvalue weighted by Crippen LogP contribution is -2.23. The van der Waals surface area contributed by atoms with Crippen LogP contribution in [0, 0.1) is 5.41 Å². The maximum atomic E-state index is 11.1. The van der Waals surface area contributed by atoms with Crippen molar-refractivity contribution in [1.82, 2.24) is 0 Å². The molecule has 0 spiro atoms. The van der Waals surface area contributed by atoms with Gasteiger partial charge in [-0.2, -0.15) is 0 Å². The van der Waals surface area contributed by atoms with Crippen LogP contribution in [-0.4, -0.2) is 5.97 Å². The second kappa shape index (κ2) is 4.75. The zero-order chi connectivity index (χ0) is 8.91. The Morgan fingerprint density at radius 1 is 1.55 bits per heavy atom. The summed E-state index contributed by atoms with van der Waals surface area (Å²) in [6.07, 6.45) is 3.06. The lowest BCUT2D eigenvalue weighted by Gasteiger charge is -2.19. The number of carbonyl (C=O) groups is 1. The molecule has 0 radical (unpaired) electrons. The molecule has 0 fully saturated rings. The van der Waals surface area contributed by atoms with E-state index in [1.807, 2.05) is 13.8 Å². The maximum absolute atomic E-state index is 11.1. The first-order valence-corrected chi connectivity index (χ1v) is 4.52. The summed E-state index contributed by atoms with van der Waals surface area (Å²) in [5.74, 6) is -0.189. The molecule has 0 rings (SSSR count). The highest BCUT2D eigenvalue weighted by molar-refractivity contribution is 9.06. The summed E-state index contributed by atoms with van der Waals surface area (Å²) >= 11 is 2.69. The van der Waals surface area contributed by atoms with Crippen LogP contribution in [0.25, 0.3) is 0 Å². The van der Waals surface area contributed by atoms with Gasteiger partial charge in [-0.05, 0) is 20.3 Å². The molecule has 0 bridgehead atoms. The monoisotopic (exact) mass is 222 g/mol. The van der Waals surface area contributed by atoms with Crippen molar-refractivity contribution in [2.75, 3.05) is 0 Å². The molecule has 0 unspecified atom stereocenters. The number of carbonyl (C=O) groups excluding carboxylic acids is 1. The van der Waals surface area contributed by atoms with Gasteiger partial charge < -0.3 is 3.83 Å². The van der Waals surface area contributed by atoms with E-state index in [-0.39, 0.29) is 11.4 Å². The summed E-state index contributed by atoms with van der Waals surface area (Å²) in [4.78, 5) is 11.1. The van der Waals surface area contributed by atoms with Crippen molar-refractivity contribution in [3.05, 3.63) is 0 Å². The van der Waals surface area contributed by atoms with E-state index in [9.17, 15) is 4.79 Å². The first kappa shape index (κ1) is 11.0. The first-order valence-electron chi connectivity index (χ1n) is 3.87. The Kier molecular flexibility index (Phi) is 4.73. The molecule has 0 amide bonds. The fraction of sp³-hybridized carbons (Fsp3) is 0.875. The van der Waals surface area contributed by atoms with Gasteiger partial charge in [0, 0.05) is 0 Å². The van der Waals surface area contributed by atoms with Crippen molar-refractivity contribution in [1.29, 1.82) is 0 Å². The van der Waals surface area contributed by atoms with Crippen LogP contribution in [0.15, 0.2) is 0 Å². The zero-order valence-corrected chi connectivity index (χ0v) is 8.90. The highest BCUT2D eigenvalue weighted by Gasteiger charge is 2.28. The van der Waals surface area contributed by atoms with Gasteiger partial charge in [-0.25, -0.2) is 0 Å². The minimum atomic E-state index is -0.348. The summed E-state index contributed by atoms with van der Waals surface area (Å²) in [6.45, 7) is 5.90. The molecule has 0 aliphatic rings. The minimum Gasteiger partial charge on any atom is -0.383 e. The standard InChI is InChI=1S/C8H15BrO2/c1-4-5-6-8(2,3)7(10)11-9/h4-6H2,1-3H3. The van der Waals surface area contributed by atoms with Gasteiger partial charge in [-0.15, -0.1) is 0 Å². The van der Waals surface area contributed by atoms with Gasteiger partial charge >= 0.3 is 5.97 Å². The number of rotatable bonds is 4. The number of unbranched alkanes of at least 4 members (excludes halogenated alkanes) is 1. The minimum absolute atomic E-state index is 0.189. The van der Waals surface area contributed by atoms with Crippen LogP contribution in [0.2, 0.25) is 0 Å². The lowest BCUT2D eigenvalue weighted by molar-refractivity contribution is -0.142. The van der Waals surface area contributed by atoms with E-state index < -0.39 is 0 Å². The van der Waals surface area contributed by atoms with Gasteiger partial charge in [0.05, 0.1) is 5.41 Å². The predicted octanol–water partition coefficient (Wildman–Crippen LogP) is 3.06. The van der Waals surface area contributed by atoms with E-state index in [2.05, 4.69) is 27.0 Å². The fourth-order valence-electron chi connectivity index (χ4n) is 0.825. The first-order chi connectivity index (χ1) is 5.04. The van der Waals surface area contributed by atoms with Crippen molar-refractivity contribution in [3.63, 3.8) is 0 Å². The summed E-state index contributed by atoms with van der Waals surface area (Å²) in [6, 6.07) is 0. The molecule has 0 atom stereocenters. The van der Waals surface area contributed by atoms with Gasteiger partial charge in [0.25, 0.3) is 0 Å². The SMILES string of the molecule is CCCCC(C)(C)C(=O)OBr. The number of halogens is 1. The van der Waals surface area contributed by atoms with Crippen LogP contribution < -0.4 is 0 Å². The molecule has 0 saturated heterocycles. The van der Waals surface area contributed by atoms with Crippen molar-refractivity contribution >= 4 is 22.2 Å². The van der Waals surface area contributed by atoms with Crippen LogP contribution >= 0.6 is 16.3 Å². The topological polar surface area (TPSA) is 26.3 Å². The Balaban J connectivity index is 3.88. The van der Waals surface area contributed by atoms with E-state index in [0.29, 0.717) is 0 Å².